The van der Waals surface area contributed by atoms with Gasteiger partial charge in [-0.3, -0.25) is 0 Å². The van der Waals surface area contributed by atoms with Crippen molar-refractivity contribution in [3.8, 4) is 5.75 Å². The fourth-order valence-electron chi connectivity index (χ4n) is 1.79. The standard InChI is InChI=1S/C15H11BrF4O2/c16-11-7-13(22-8-9-4-2-1-3-5-9)10(6-12(11)17)14(21)15(18,19)20/h1-7,14,21H,8H2. The molecule has 0 heterocycles. The molecule has 0 bridgehead atoms. The van der Waals surface area contributed by atoms with Gasteiger partial charge in [0.15, 0.2) is 6.10 Å². The van der Waals surface area contributed by atoms with Gasteiger partial charge in [-0.15, -0.1) is 0 Å². The zero-order valence-corrected chi connectivity index (χ0v) is 12.7. The number of hydrogen-bond acceptors (Lipinski definition) is 2. The zero-order chi connectivity index (χ0) is 16.3. The number of benzene rings is 2. The van der Waals surface area contributed by atoms with Crippen LogP contribution in [-0.4, -0.2) is 11.3 Å². The van der Waals surface area contributed by atoms with Crippen molar-refractivity contribution in [3.63, 3.8) is 0 Å². The van der Waals surface area contributed by atoms with E-state index in [0.717, 1.165) is 11.6 Å². The molecule has 0 aliphatic carbocycles. The molecule has 0 aliphatic heterocycles. The Bertz CT molecular complexity index is 644. The normalized spacial score (nSPS) is 13.0. The van der Waals surface area contributed by atoms with Crippen molar-refractivity contribution in [1.29, 1.82) is 0 Å². The summed E-state index contributed by atoms with van der Waals surface area (Å²) in [5, 5.41) is 9.36. The summed E-state index contributed by atoms with van der Waals surface area (Å²) in [5.41, 5.74) is 0.0690. The Kier molecular flexibility index (Phi) is 5.08. The molecular formula is C15H11BrF4O2. The van der Waals surface area contributed by atoms with Crippen LogP contribution in [0.5, 0.6) is 5.75 Å². The first-order chi connectivity index (χ1) is 10.3. The SMILES string of the molecule is OC(c1cc(F)c(Br)cc1OCc1ccccc1)C(F)(F)F. The highest BCUT2D eigenvalue weighted by atomic mass is 79.9. The van der Waals surface area contributed by atoms with E-state index in [9.17, 15) is 22.7 Å². The van der Waals surface area contributed by atoms with Gasteiger partial charge >= 0.3 is 6.18 Å². The third-order valence-electron chi connectivity index (χ3n) is 2.89. The topological polar surface area (TPSA) is 29.5 Å². The Morgan fingerprint density at radius 3 is 2.36 bits per heavy atom. The molecule has 0 spiro atoms. The van der Waals surface area contributed by atoms with E-state index in [1.807, 2.05) is 0 Å². The maximum atomic E-state index is 13.5. The smallest absolute Gasteiger partial charge is 0.418 e. The maximum Gasteiger partial charge on any atom is 0.418 e. The van der Waals surface area contributed by atoms with Gasteiger partial charge in [-0.2, -0.15) is 13.2 Å². The van der Waals surface area contributed by atoms with Crippen molar-refractivity contribution in [3.05, 3.63) is 63.9 Å². The Morgan fingerprint density at radius 1 is 1.14 bits per heavy atom. The average Bonchev–Trinajstić information content (AvgIpc) is 2.47. The Labute approximate surface area is 132 Å². The quantitative estimate of drug-likeness (QED) is 0.777. The molecule has 7 heteroatoms. The van der Waals surface area contributed by atoms with E-state index in [2.05, 4.69) is 15.9 Å². The lowest BCUT2D eigenvalue weighted by molar-refractivity contribution is -0.207. The average molecular weight is 379 g/mol. The number of ether oxygens (including phenoxy) is 1. The van der Waals surface area contributed by atoms with Crippen LogP contribution in [0, 0.1) is 5.82 Å². The van der Waals surface area contributed by atoms with Gasteiger partial charge in [-0.05, 0) is 33.6 Å². The predicted molar refractivity (Wildman–Crippen MR) is 75.9 cm³/mol. The molecule has 2 rings (SSSR count). The highest BCUT2D eigenvalue weighted by Gasteiger charge is 2.41. The van der Waals surface area contributed by atoms with Crippen LogP contribution in [-0.2, 0) is 6.61 Å². The number of alkyl halides is 3. The fraction of sp³-hybridized carbons (Fsp3) is 0.200. The van der Waals surface area contributed by atoms with Gasteiger partial charge in [0, 0.05) is 5.56 Å². The molecular weight excluding hydrogens is 368 g/mol. The van der Waals surface area contributed by atoms with Crippen molar-refractivity contribution < 1.29 is 27.4 Å². The number of rotatable bonds is 4. The molecule has 22 heavy (non-hydrogen) atoms. The second-order valence-electron chi connectivity index (χ2n) is 4.52. The van der Waals surface area contributed by atoms with Crippen LogP contribution in [0.1, 0.15) is 17.2 Å². The molecule has 2 nitrogen and oxygen atoms in total. The van der Waals surface area contributed by atoms with Crippen LogP contribution < -0.4 is 4.74 Å². The molecule has 0 amide bonds. The lowest BCUT2D eigenvalue weighted by Crippen LogP contribution is -2.21. The summed E-state index contributed by atoms with van der Waals surface area (Å²) in [4.78, 5) is 0. The van der Waals surface area contributed by atoms with E-state index in [0.29, 0.717) is 6.07 Å². The second kappa shape index (κ2) is 6.66. The summed E-state index contributed by atoms with van der Waals surface area (Å²) in [5.74, 6) is -1.15. The minimum atomic E-state index is -4.91. The van der Waals surface area contributed by atoms with Crippen LogP contribution >= 0.6 is 15.9 Å². The number of aliphatic hydroxyl groups is 1. The summed E-state index contributed by atoms with van der Waals surface area (Å²) < 4.78 is 56.8. The largest absolute Gasteiger partial charge is 0.488 e. The van der Waals surface area contributed by atoms with E-state index >= 15 is 0 Å². The van der Waals surface area contributed by atoms with Gasteiger partial charge in [-0.1, -0.05) is 30.3 Å². The summed E-state index contributed by atoms with van der Waals surface area (Å²) in [6.45, 7) is -0.00348. The molecule has 0 saturated heterocycles. The number of aliphatic hydroxyl groups excluding tert-OH is 1. The monoisotopic (exact) mass is 378 g/mol. The van der Waals surface area contributed by atoms with Crippen LogP contribution in [0.15, 0.2) is 46.9 Å². The van der Waals surface area contributed by atoms with E-state index < -0.39 is 23.7 Å². The van der Waals surface area contributed by atoms with Crippen LogP contribution in [0.25, 0.3) is 0 Å². The highest BCUT2D eigenvalue weighted by Crippen LogP contribution is 2.39. The molecule has 2 aromatic rings. The zero-order valence-electron chi connectivity index (χ0n) is 11.1. The third kappa shape index (κ3) is 3.98. The Hall–Kier alpha value is -1.60. The van der Waals surface area contributed by atoms with Gasteiger partial charge in [-0.25, -0.2) is 4.39 Å². The van der Waals surface area contributed by atoms with Gasteiger partial charge in [0.2, 0.25) is 0 Å². The Balaban J connectivity index is 2.31. The first-order valence-corrected chi connectivity index (χ1v) is 6.99. The lowest BCUT2D eigenvalue weighted by atomic mass is 10.1. The summed E-state index contributed by atoms with van der Waals surface area (Å²) in [6, 6.07) is 10.5. The van der Waals surface area contributed by atoms with Crippen molar-refractivity contribution >= 4 is 15.9 Å². The lowest BCUT2D eigenvalue weighted by Gasteiger charge is -2.19. The molecule has 0 saturated carbocycles. The molecule has 118 valence electrons. The predicted octanol–water partition coefficient (Wildman–Crippen LogP) is 4.76. The van der Waals surface area contributed by atoms with Gasteiger partial charge < -0.3 is 9.84 Å². The minimum absolute atomic E-state index is 0.00348. The summed E-state index contributed by atoms with van der Waals surface area (Å²) in [6.07, 6.45) is -7.73. The fourth-order valence-corrected chi connectivity index (χ4v) is 2.12. The number of hydrogen-bond donors (Lipinski definition) is 1. The molecule has 0 aromatic heterocycles. The molecule has 1 unspecified atom stereocenters. The van der Waals surface area contributed by atoms with E-state index in [1.165, 1.54) is 0 Å². The van der Waals surface area contributed by atoms with E-state index in [4.69, 9.17) is 4.74 Å². The first kappa shape index (κ1) is 16.8. The maximum absolute atomic E-state index is 13.5. The molecule has 0 fully saturated rings. The van der Waals surface area contributed by atoms with Crippen LogP contribution in [0.3, 0.4) is 0 Å². The molecule has 0 radical (unpaired) electrons. The molecule has 1 N–H and O–H groups in total. The summed E-state index contributed by atoms with van der Waals surface area (Å²) in [7, 11) is 0. The van der Waals surface area contributed by atoms with Crippen LogP contribution in [0.4, 0.5) is 17.6 Å². The van der Waals surface area contributed by atoms with Gasteiger partial charge in [0.25, 0.3) is 0 Å². The molecule has 2 aromatic carbocycles. The van der Waals surface area contributed by atoms with E-state index in [-0.39, 0.29) is 16.8 Å². The van der Waals surface area contributed by atoms with Gasteiger partial charge in [0.05, 0.1) is 4.47 Å². The Morgan fingerprint density at radius 2 is 1.77 bits per heavy atom. The second-order valence-corrected chi connectivity index (χ2v) is 5.38. The summed E-state index contributed by atoms with van der Waals surface area (Å²) >= 11 is 2.89. The third-order valence-corrected chi connectivity index (χ3v) is 3.50. The molecule has 1 atom stereocenters. The van der Waals surface area contributed by atoms with Crippen molar-refractivity contribution in [2.45, 2.75) is 18.9 Å². The minimum Gasteiger partial charge on any atom is -0.488 e. The van der Waals surface area contributed by atoms with Crippen molar-refractivity contribution in [1.82, 2.24) is 0 Å². The highest BCUT2D eigenvalue weighted by molar-refractivity contribution is 9.10. The van der Waals surface area contributed by atoms with E-state index in [1.54, 1.807) is 30.3 Å². The molecule has 0 aliphatic rings. The first-order valence-electron chi connectivity index (χ1n) is 6.19. The van der Waals surface area contributed by atoms with Crippen LogP contribution in [0.2, 0.25) is 0 Å². The van der Waals surface area contributed by atoms with Crippen molar-refractivity contribution in [2.24, 2.45) is 0 Å². The number of halogens is 5. The van der Waals surface area contributed by atoms with Crippen molar-refractivity contribution in [2.75, 3.05) is 0 Å². The van der Waals surface area contributed by atoms with Gasteiger partial charge in [0.1, 0.15) is 18.2 Å².